The van der Waals surface area contributed by atoms with E-state index in [9.17, 15) is 4.79 Å². The molecule has 0 saturated carbocycles. The zero-order chi connectivity index (χ0) is 14.3. The first-order valence-electron chi connectivity index (χ1n) is 7.02. The standard InChI is InChI=1S/C16H25NO2/c1-5-14(6-2)16(18)17(4)10-11-19-15-9-7-8-13(3)12-15/h7-9,12,14H,5-6,10-11H2,1-4H3. The number of hydrogen-bond donors (Lipinski definition) is 0. The van der Waals surface area contributed by atoms with E-state index in [2.05, 4.69) is 13.8 Å². The van der Waals surface area contributed by atoms with Gasteiger partial charge in [-0.05, 0) is 37.5 Å². The van der Waals surface area contributed by atoms with Gasteiger partial charge in [0.2, 0.25) is 5.91 Å². The zero-order valence-corrected chi connectivity index (χ0v) is 12.5. The second-order valence-corrected chi connectivity index (χ2v) is 4.94. The van der Waals surface area contributed by atoms with Crippen molar-refractivity contribution in [2.75, 3.05) is 20.2 Å². The molecule has 0 aliphatic heterocycles. The molecule has 1 aromatic carbocycles. The Hall–Kier alpha value is -1.51. The number of aryl methyl sites for hydroxylation is 1. The molecule has 0 atom stereocenters. The zero-order valence-electron chi connectivity index (χ0n) is 12.5. The topological polar surface area (TPSA) is 29.5 Å². The van der Waals surface area contributed by atoms with Crippen LogP contribution in [0.2, 0.25) is 0 Å². The highest BCUT2D eigenvalue weighted by molar-refractivity contribution is 5.78. The van der Waals surface area contributed by atoms with Crippen LogP contribution in [-0.2, 0) is 4.79 Å². The number of carbonyl (C=O) groups excluding carboxylic acids is 1. The van der Waals surface area contributed by atoms with Crippen molar-refractivity contribution in [2.45, 2.75) is 33.6 Å². The van der Waals surface area contributed by atoms with E-state index < -0.39 is 0 Å². The molecule has 0 saturated heterocycles. The number of carbonyl (C=O) groups is 1. The van der Waals surface area contributed by atoms with Crippen molar-refractivity contribution in [1.29, 1.82) is 0 Å². The number of ether oxygens (including phenoxy) is 1. The van der Waals surface area contributed by atoms with Crippen LogP contribution in [0.4, 0.5) is 0 Å². The molecule has 0 N–H and O–H groups in total. The Morgan fingerprint density at radius 1 is 1.32 bits per heavy atom. The first kappa shape index (κ1) is 15.5. The van der Waals surface area contributed by atoms with E-state index in [0.29, 0.717) is 13.2 Å². The second-order valence-electron chi connectivity index (χ2n) is 4.94. The van der Waals surface area contributed by atoms with Crippen LogP contribution in [0.1, 0.15) is 32.3 Å². The van der Waals surface area contributed by atoms with Crippen LogP contribution < -0.4 is 4.74 Å². The highest BCUT2D eigenvalue weighted by atomic mass is 16.5. The number of benzene rings is 1. The van der Waals surface area contributed by atoms with E-state index in [-0.39, 0.29) is 11.8 Å². The first-order valence-corrected chi connectivity index (χ1v) is 7.02. The van der Waals surface area contributed by atoms with E-state index in [1.807, 2.05) is 38.2 Å². The Morgan fingerprint density at radius 3 is 2.58 bits per heavy atom. The fourth-order valence-electron chi connectivity index (χ4n) is 2.07. The van der Waals surface area contributed by atoms with Gasteiger partial charge >= 0.3 is 0 Å². The molecule has 0 bridgehead atoms. The summed E-state index contributed by atoms with van der Waals surface area (Å²) in [5, 5.41) is 0. The number of nitrogens with zero attached hydrogens (tertiary/aromatic N) is 1. The molecule has 0 heterocycles. The summed E-state index contributed by atoms with van der Waals surface area (Å²) in [6.07, 6.45) is 1.80. The Kier molecular flexibility index (Phi) is 6.40. The number of hydrogen-bond acceptors (Lipinski definition) is 2. The SMILES string of the molecule is CCC(CC)C(=O)N(C)CCOc1cccc(C)c1. The summed E-state index contributed by atoms with van der Waals surface area (Å²) >= 11 is 0. The predicted octanol–water partition coefficient (Wildman–Crippen LogP) is 3.27. The number of rotatable bonds is 7. The molecule has 0 fully saturated rings. The molecule has 0 radical (unpaired) electrons. The van der Waals surface area contributed by atoms with Crippen molar-refractivity contribution >= 4 is 5.91 Å². The molecule has 0 aromatic heterocycles. The third kappa shape index (κ3) is 4.93. The summed E-state index contributed by atoms with van der Waals surface area (Å²) in [6.45, 7) is 7.32. The Labute approximate surface area is 116 Å². The van der Waals surface area contributed by atoms with Gasteiger partial charge in [0.15, 0.2) is 0 Å². The number of likely N-dealkylation sites (N-methyl/N-ethyl adjacent to an activating group) is 1. The van der Waals surface area contributed by atoms with Gasteiger partial charge in [-0.2, -0.15) is 0 Å². The van der Waals surface area contributed by atoms with Crippen LogP contribution in [0.25, 0.3) is 0 Å². The predicted molar refractivity (Wildman–Crippen MR) is 78.4 cm³/mol. The maximum Gasteiger partial charge on any atom is 0.225 e. The summed E-state index contributed by atoms with van der Waals surface area (Å²) in [5.74, 6) is 1.23. The van der Waals surface area contributed by atoms with E-state index in [1.165, 1.54) is 5.56 Å². The third-order valence-corrected chi connectivity index (χ3v) is 3.40. The maximum absolute atomic E-state index is 12.1. The summed E-state index contributed by atoms with van der Waals surface area (Å²) in [7, 11) is 1.85. The molecular formula is C16H25NO2. The second kappa shape index (κ2) is 7.82. The normalized spacial score (nSPS) is 10.6. The van der Waals surface area contributed by atoms with Gasteiger partial charge in [-0.25, -0.2) is 0 Å². The lowest BCUT2D eigenvalue weighted by Crippen LogP contribution is -2.35. The van der Waals surface area contributed by atoms with Gasteiger partial charge in [0.25, 0.3) is 0 Å². The maximum atomic E-state index is 12.1. The van der Waals surface area contributed by atoms with Crippen LogP contribution in [0.5, 0.6) is 5.75 Å². The highest BCUT2D eigenvalue weighted by Gasteiger charge is 2.18. The largest absolute Gasteiger partial charge is 0.492 e. The highest BCUT2D eigenvalue weighted by Crippen LogP contribution is 2.13. The number of amides is 1. The fraction of sp³-hybridized carbons (Fsp3) is 0.562. The molecule has 3 nitrogen and oxygen atoms in total. The summed E-state index contributed by atoms with van der Waals surface area (Å²) in [6, 6.07) is 7.96. The summed E-state index contributed by atoms with van der Waals surface area (Å²) in [5.41, 5.74) is 1.18. The van der Waals surface area contributed by atoms with Crippen molar-refractivity contribution in [3.8, 4) is 5.75 Å². The molecular weight excluding hydrogens is 238 g/mol. The van der Waals surface area contributed by atoms with Crippen molar-refractivity contribution < 1.29 is 9.53 Å². The van der Waals surface area contributed by atoms with Crippen molar-refractivity contribution in [3.05, 3.63) is 29.8 Å². The minimum absolute atomic E-state index is 0.143. The molecule has 0 spiro atoms. The van der Waals surface area contributed by atoms with Crippen LogP contribution in [-0.4, -0.2) is 31.0 Å². The molecule has 0 unspecified atom stereocenters. The van der Waals surface area contributed by atoms with Gasteiger partial charge in [0.1, 0.15) is 12.4 Å². The van der Waals surface area contributed by atoms with Gasteiger partial charge < -0.3 is 9.64 Å². The Bertz CT molecular complexity index is 399. The lowest BCUT2D eigenvalue weighted by Gasteiger charge is -2.22. The smallest absolute Gasteiger partial charge is 0.225 e. The quantitative estimate of drug-likeness (QED) is 0.755. The van der Waals surface area contributed by atoms with E-state index in [4.69, 9.17) is 4.74 Å². The van der Waals surface area contributed by atoms with Crippen LogP contribution in [0, 0.1) is 12.8 Å². The van der Waals surface area contributed by atoms with E-state index in [1.54, 1.807) is 4.90 Å². The van der Waals surface area contributed by atoms with Gasteiger partial charge in [-0.3, -0.25) is 4.79 Å². The molecule has 1 aromatic rings. The van der Waals surface area contributed by atoms with Gasteiger partial charge in [0, 0.05) is 13.0 Å². The molecule has 106 valence electrons. The Balaban J connectivity index is 2.38. The lowest BCUT2D eigenvalue weighted by atomic mass is 10.0. The van der Waals surface area contributed by atoms with Crippen molar-refractivity contribution in [3.63, 3.8) is 0 Å². The first-order chi connectivity index (χ1) is 9.08. The molecule has 0 aliphatic carbocycles. The summed E-state index contributed by atoms with van der Waals surface area (Å²) < 4.78 is 5.66. The molecule has 1 amide bonds. The van der Waals surface area contributed by atoms with E-state index >= 15 is 0 Å². The molecule has 0 aliphatic rings. The molecule has 1 rings (SSSR count). The monoisotopic (exact) mass is 263 g/mol. The van der Waals surface area contributed by atoms with Gasteiger partial charge in [-0.1, -0.05) is 26.0 Å². The minimum Gasteiger partial charge on any atom is -0.492 e. The average molecular weight is 263 g/mol. The van der Waals surface area contributed by atoms with Crippen molar-refractivity contribution in [2.24, 2.45) is 5.92 Å². The average Bonchev–Trinajstić information content (AvgIpc) is 2.40. The Morgan fingerprint density at radius 2 is 2.00 bits per heavy atom. The van der Waals surface area contributed by atoms with Gasteiger partial charge in [-0.15, -0.1) is 0 Å². The van der Waals surface area contributed by atoms with E-state index in [0.717, 1.165) is 18.6 Å². The lowest BCUT2D eigenvalue weighted by molar-refractivity contribution is -0.134. The van der Waals surface area contributed by atoms with Crippen LogP contribution in [0.3, 0.4) is 0 Å². The van der Waals surface area contributed by atoms with Crippen molar-refractivity contribution in [1.82, 2.24) is 4.90 Å². The van der Waals surface area contributed by atoms with Crippen LogP contribution >= 0.6 is 0 Å². The third-order valence-electron chi connectivity index (χ3n) is 3.40. The van der Waals surface area contributed by atoms with Gasteiger partial charge in [0.05, 0.1) is 6.54 Å². The van der Waals surface area contributed by atoms with Crippen LogP contribution in [0.15, 0.2) is 24.3 Å². The fourth-order valence-corrected chi connectivity index (χ4v) is 2.07. The molecule has 3 heteroatoms. The minimum atomic E-state index is 0.143. The summed E-state index contributed by atoms with van der Waals surface area (Å²) in [4.78, 5) is 13.8. The molecule has 19 heavy (non-hydrogen) atoms.